The zero-order valence-electron chi connectivity index (χ0n) is 40.5. The number of rotatable bonds is 14. The van der Waals surface area contributed by atoms with Gasteiger partial charge in [-0.3, -0.25) is 19.4 Å². The predicted molar refractivity (Wildman–Crippen MR) is 271 cm³/mol. The molecule has 2 atom stereocenters. The number of β-amino-alcohol motifs (C(OH)–C–C–N with tert-alkyl or cyclic N) is 2. The number of carbonyl (C=O) groups excluding carboxylic acids is 2. The van der Waals surface area contributed by atoms with Gasteiger partial charge in [0.05, 0.1) is 34.9 Å². The van der Waals surface area contributed by atoms with Crippen LogP contribution in [0.3, 0.4) is 0 Å². The van der Waals surface area contributed by atoms with E-state index in [-0.39, 0.29) is 56.1 Å². The Morgan fingerprint density at radius 1 is 0.579 bits per heavy atom. The lowest BCUT2D eigenvalue weighted by Crippen LogP contribution is -2.41. The van der Waals surface area contributed by atoms with Crippen molar-refractivity contribution in [2.45, 2.75) is 50.2 Å². The lowest BCUT2D eigenvalue weighted by molar-refractivity contribution is -0.208. The lowest BCUT2D eigenvalue weighted by atomic mass is 10.0. The molecule has 8 rings (SSSR count). The van der Waals surface area contributed by atoms with Crippen LogP contribution in [0.15, 0.2) is 85.2 Å². The number of amides is 2. The third-order valence-corrected chi connectivity index (χ3v) is 12.8. The number of alkyl halides is 6. The van der Waals surface area contributed by atoms with Gasteiger partial charge in [0.15, 0.2) is 23.8 Å². The van der Waals surface area contributed by atoms with E-state index in [1.807, 2.05) is 24.3 Å². The first kappa shape index (κ1) is 56.8. The van der Waals surface area contributed by atoms with Gasteiger partial charge in [0.2, 0.25) is 11.9 Å². The standard InChI is InChI=1S/2C25H25ClF4N6O2/c2*1-31-23(38)17-3-2-4-19(27)21(17)34-22-18(26)12-32-24(35-22)33-16-6-5-14-7-9-36(10-8-15(14)11-16)13-20(37)25(28,29)30/h2*2-6,11-12,20,37H,7-10,13H2,1H3,(H,31,38)(H2,32,33,34,35). The Morgan fingerprint density at radius 2 is 0.947 bits per heavy atom. The Labute approximate surface area is 440 Å². The zero-order valence-corrected chi connectivity index (χ0v) is 42.0. The van der Waals surface area contributed by atoms with E-state index in [2.05, 4.69) is 51.8 Å². The Hall–Kier alpha value is -6.96. The first-order valence-electron chi connectivity index (χ1n) is 23.4. The van der Waals surface area contributed by atoms with Crippen molar-refractivity contribution in [3.05, 3.63) is 140 Å². The van der Waals surface area contributed by atoms with Gasteiger partial charge in [-0.25, -0.2) is 18.7 Å². The van der Waals surface area contributed by atoms with E-state index < -0.39 is 61.1 Å². The van der Waals surface area contributed by atoms with Crippen LogP contribution in [0.5, 0.6) is 0 Å². The molecular formula is C50H50Cl2F8N12O4. The molecule has 6 aromatic rings. The van der Waals surface area contributed by atoms with E-state index in [9.17, 15) is 54.9 Å². The van der Waals surface area contributed by atoms with E-state index in [4.69, 9.17) is 23.2 Å². The Morgan fingerprint density at radius 3 is 1.30 bits per heavy atom. The first-order valence-corrected chi connectivity index (χ1v) is 24.2. The number of aliphatic hydroxyl groups is 2. The van der Waals surface area contributed by atoms with Crippen LogP contribution >= 0.6 is 23.2 Å². The summed E-state index contributed by atoms with van der Waals surface area (Å²) in [6.45, 7) is 0.588. The van der Waals surface area contributed by atoms with Crippen LogP contribution in [0.25, 0.3) is 0 Å². The largest absolute Gasteiger partial charge is 0.415 e. The maximum Gasteiger partial charge on any atom is 0.415 e. The van der Waals surface area contributed by atoms with E-state index in [1.165, 1.54) is 62.9 Å². The molecule has 0 saturated heterocycles. The molecule has 0 aliphatic carbocycles. The van der Waals surface area contributed by atoms with Gasteiger partial charge in [0, 0.05) is 64.7 Å². The molecule has 404 valence electrons. The highest BCUT2D eigenvalue weighted by atomic mass is 35.5. The van der Waals surface area contributed by atoms with Crippen LogP contribution in [0.4, 0.5) is 81.4 Å². The molecule has 2 amide bonds. The van der Waals surface area contributed by atoms with Crippen molar-refractivity contribution in [2.24, 2.45) is 0 Å². The van der Waals surface area contributed by atoms with Crippen molar-refractivity contribution in [1.82, 2.24) is 40.4 Å². The Balaban J connectivity index is 0.000000221. The highest BCUT2D eigenvalue weighted by Gasteiger charge is 2.40. The zero-order chi connectivity index (χ0) is 54.9. The normalized spacial score (nSPS) is 14.8. The van der Waals surface area contributed by atoms with Gasteiger partial charge in [-0.15, -0.1) is 0 Å². The number of benzene rings is 4. The summed E-state index contributed by atoms with van der Waals surface area (Å²) in [4.78, 5) is 44.5. The number of halogens is 10. The third kappa shape index (κ3) is 14.7. The first-order chi connectivity index (χ1) is 36.1. The quantitative estimate of drug-likeness (QED) is 0.0480. The predicted octanol–water partition coefficient (Wildman–Crippen LogP) is 8.88. The molecule has 0 radical (unpaired) electrons. The van der Waals surface area contributed by atoms with Crippen LogP contribution in [-0.2, 0) is 25.7 Å². The minimum absolute atomic E-state index is 0.0687. The van der Waals surface area contributed by atoms with Crippen LogP contribution in [-0.4, -0.2) is 130 Å². The number of aromatic nitrogens is 4. The average Bonchev–Trinajstić information content (AvgIpc) is 3.72. The fourth-order valence-electron chi connectivity index (χ4n) is 8.23. The van der Waals surface area contributed by atoms with Gasteiger partial charge in [-0.05, 0) is 96.5 Å². The summed E-state index contributed by atoms with van der Waals surface area (Å²) in [7, 11) is 2.86. The maximum atomic E-state index is 14.5. The number of hydrogen-bond acceptors (Lipinski definition) is 14. The van der Waals surface area contributed by atoms with E-state index in [1.54, 1.807) is 21.9 Å². The summed E-state index contributed by atoms with van der Waals surface area (Å²) in [5.74, 6) is -1.87. The molecule has 4 aromatic carbocycles. The topological polar surface area (TPSA) is 205 Å². The molecule has 0 spiro atoms. The van der Waals surface area contributed by atoms with Crippen molar-refractivity contribution in [2.75, 3.05) is 74.6 Å². The van der Waals surface area contributed by atoms with Gasteiger partial charge < -0.3 is 42.1 Å². The van der Waals surface area contributed by atoms with Crippen molar-refractivity contribution in [1.29, 1.82) is 0 Å². The molecule has 0 fully saturated rings. The second-order valence-electron chi connectivity index (χ2n) is 17.4. The molecular weight excluding hydrogens is 1060 g/mol. The molecule has 4 heterocycles. The van der Waals surface area contributed by atoms with E-state index >= 15 is 0 Å². The highest BCUT2D eigenvalue weighted by Crippen LogP contribution is 2.33. The molecule has 26 heteroatoms. The summed E-state index contributed by atoms with van der Waals surface area (Å²) in [5, 5.41) is 35.6. The second-order valence-corrected chi connectivity index (χ2v) is 18.3. The lowest BCUT2D eigenvalue weighted by Gasteiger charge is -2.24. The average molecular weight is 1110 g/mol. The van der Waals surface area contributed by atoms with E-state index in [0.717, 1.165) is 22.3 Å². The molecule has 2 aliphatic heterocycles. The van der Waals surface area contributed by atoms with Crippen LogP contribution in [0, 0.1) is 11.6 Å². The second kappa shape index (κ2) is 24.8. The molecule has 2 unspecified atom stereocenters. The maximum absolute atomic E-state index is 14.5. The number of para-hydroxylation sites is 2. The SMILES string of the molecule is CNC(=O)c1cccc(F)c1Nc1nc(Nc2ccc3c(c2)CCN(CC(O)C(F)(F)F)CC3)ncc1Cl.CNC(=O)c1cccc(F)c1Nc1nc(Nc2ccc3c(c2)CCN(CC(O)C(F)(F)F)CC3)ncc1Cl. The summed E-state index contributed by atoms with van der Waals surface area (Å²) < 4.78 is 106. The summed E-state index contributed by atoms with van der Waals surface area (Å²) >= 11 is 12.5. The molecule has 0 bridgehead atoms. The van der Waals surface area contributed by atoms with Gasteiger partial charge in [0.25, 0.3) is 11.8 Å². The number of nitrogens with zero attached hydrogens (tertiary/aromatic N) is 6. The van der Waals surface area contributed by atoms with Gasteiger partial charge in [-0.2, -0.15) is 36.3 Å². The summed E-state index contributed by atoms with van der Waals surface area (Å²) in [6, 6.07) is 19.2. The Kier molecular flexibility index (Phi) is 18.5. The van der Waals surface area contributed by atoms with Crippen molar-refractivity contribution < 1.29 is 54.9 Å². The fourth-order valence-corrected chi connectivity index (χ4v) is 8.51. The van der Waals surface area contributed by atoms with Crippen molar-refractivity contribution in [3.63, 3.8) is 0 Å². The van der Waals surface area contributed by atoms with Gasteiger partial charge in [0.1, 0.15) is 21.7 Å². The summed E-state index contributed by atoms with van der Waals surface area (Å²) in [6.07, 6.45) is -9.34. The van der Waals surface area contributed by atoms with Gasteiger partial charge in [-0.1, -0.05) is 47.5 Å². The third-order valence-electron chi connectivity index (χ3n) is 12.3. The highest BCUT2D eigenvalue weighted by molar-refractivity contribution is 6.33. The minimum Gasteiger partial charge on any atom is -0.382 e. The van der Waals surface area contributed by atoms with E-state index in [0.29, 0.717) is 63.2 Å². The molecule has 8 N–H and O–H groups in total. The van der Waals surface area contributed by atoms with Gasteiger partial charge >= 0.3 is 12.4 Å². The Bertz CT molecular complexity index is 2850. The number of hydrogen-bond donors (Lipinski definition) is 8. The molecule has 2 aliphatic rings. The van der Waals surface area contributed by atoms with Crippen LogP contribution in [0.2, 0.25) is 10.0 Å². The van der Waals surface area contributed by atoms with Crippen molar-refractivity contribution >= 4 is 81.3 Å². The molecule has 0 saturated carbocycles. The van der Waals surface area contributed by atoms with Crippen LogP contribution < -0.4 is 31.9 Å². The molecule has 16 nitrogen and oxygen atoms in total. The number of carbonyl (C=O) groups is 2. The number of nitrogens with one attached hydrogen (secondary N) is 6. The molecule has 76 heavy (non-hydrogen) atoms. The summed E-state index contributed by atoms with van der Waals surface area (Å²) in [5.41, 5.74) is 5.13. The minimum atomic E-state index is -4.65. The smallest absolute Gasteiger partial charge is 0.382 e. The fraction of sp³-hybridized carbons (Fsp3) is 0.320. The van der Waals surface area contributed by atoms with Crippen molar-refractivity contribution in [3.8, 4) is 0 Å². The molecule has 2 aromatic heterocycles. The number of aliphatic hydroxyl groups excluding tert-OH is 2. The number of fused-ring (bicyclic) bond motifs is 2. The number of anilines is 8. The van der Waals surface area contributed by atoms with Crippen LogP contribution in [0.1, 0.15) is 43.0 Å². The monoisotopic (exact) mass is 1100 g/mol.